The van der Waals surface area contributed by atoms with E-state index in [4.69, 9.17) is 16.3 Å². The molecule has 0 radical (unpaired) electrons. The highest BCUT2D eigenvalue weighted by atomic mass is 35.5. The topological polar surface area (TPSA) is 27.1 Å². The summed E-state index contributed by atoms with van der Waals surface area (Å²) >= 11 is 7.95. The number of thioether (sulfide) groups is 1. The molecule has 0 fully saturated rings. The molecule has 3 nitrogen and oxygen atoms in total. The summed E-state index contributed by atoms with van der Waals surface area (Å²) in [6, 6.07) is 14.6. The van der Waals surface area contributed by atoms with Crippen LogP contribution in [0.2, 0.25) is 5.02 Å². The minimum atomic E-state index is 0.250. The fourth-order valence-electron chi connectivity index (χ4n) is 3.03. The average molecular weight is 387 g/mol. The summed E-state index contributed by atoms with van der Waals surface area (Å²) in [5.41, 5.74) is 2.50. The van der Waals surface area contributed by atoms with E-state index in [2.05, 4.69) is 34.7 Å². The van der Waals surface area contributed by atoms with E-state index in [1.54, 1.807) is 7.11 Å². The van der Waals surface area contributed by atoms with Crippen LogP contribution < -0.4 is 4.74 Å². The van der Waals surface area contributed by atoms with Crippen molar-refractivity contribution in [1.29, 1.82) is 0 Å². The molecule has 136 valence electrons. The van der Waals surface area contributed by atoms with E-state index in [9.17, 15) is 0 Å². The molecule has 0 aliphatic heterocycles. The Morgan fingerprint density at radius 1 is 1.23 bits per heavy atom. The number of benzene rings is 2. The Kier molecular flexibility index (Phi) is 6.64. The molecule has 1 unspecified atom stereocenters. The van der Waals surface area contributed by atoms with Gasteiger partial charge in [0.15, 0.2) is 0 Å². The number of imidazole rings is 1. The molecular formula is C21H23ClN2OS. The maximum absolute atomic E-state index is 6.12. The molecule has 0 N–H and O–H groups in total. The summed E-state index contributed by atoms with van der Waals surface area (Å²) < 4.78 is 7.66. The molecular weight excluding hydrogens is 364 g/mol. The molecule has 0 saturated carbocycles. The first kappa shape index (κ1) is 18.9. The number of rotatable bonds is 8. The lowest BCUT2D eigenvalue weighted by Gasteiger charge is -2.22. The second-order valence-corrected chi connectivity index (χ2v) is 7.59. The number of hydrogen-bond donors (Lipinski definition) is 0. The highest BCUT2D eigenvalue weighted by Gasteiger charge is 2.18. The highest BCUT2D eigenvalue weighted by Crippen LogP contribution is 2.36. The minimum absolute atomic E-state index is 0.250. The van der Waals surface area contributed by atoms with Crippen molar-refractivity contribution in [3.05, 3.63) is 77.3 Å². The van der Waals surface area contributed by atoms with Crippen molar-refractivity contribution in [2.75, 3.05) is 7.11 Å². The van der Waals surface area contributed by atoms with Crippen molar-refractivity contribution in [1.82, 2.24) is 9.55 Å². The number of aromatic nitrogens is 2. The van der Waals surface area contributed by atoms with Gasteiger partial charge in [-0.05, 0) is 47.9 Å². The Balaban J connectivity index is 1.91. The monoisotopic (exact) mass is 386 g/mol. The van der Waals surface area contributed by atoms with Gasteiger partial charge in [-0.25, -0.2) is 4.98 Å². The standard InChI is InChI=1S/C21H23ClN2OS/c1-3-5-20(24-11-10-23-15-24)19-13-18(25-2)8-9-21(19)26-14-16-6-4-7-17(22)12-16/h4,6-13,15,20H,3,5,14H2,1-2H3. The molecule has 26 heavy (non-hydrogen) atoms. The lowest BCUT2D eigenvalue weighted by Crippen LogP contribution is -2.10. The van der Waals surface area contributed by atoms with Gasteiger partial charge in [-0.3, -0.25) is 0 Å². The summed E-state index contributed by atoms with van der Waals surface area (Å²) in [6.07, 6.45) is 7.91. The maximum Gasteiger partial charge on any atom is 0.119 e. The molecule has 1 atom stereocenters. The molecule has 3 aromatic rings. The van der Waals surface area contributed by atoms with E-state index in [-0.39, 0.29) is 6.04 Å². The Morgan fingerprint density at radius 3 is 2.81 bits per heavy atom. The molecule has 1 aromatic heterocycles. The van der Waals surface area contributed by atoms with Crippen LogP contribution in [0, 0.1) is 0 Å². The zero-order valence-electron chi connectivity index (χ0n) is 15.1. The lowest BCUT2D eigenvalue weighted by atomic mass is 10.0. The van der Waals surface area contributed by atoms with Crippen LogP contribution in [0.5, 0.6) is 5.75 Å². The summed E-state index contributed by atoms with van der Waals surface area (Å²) in [4.78, 5) is 5.50. The van der Waals surface area contributed by atoms with E-state index in [0.29, 0.717) is 0 Å². The Labute approximate surface area is 164 Å². The zero-order chi connectivity index (χ0) is 18.4. The number of hydrogen-bond acceptors (Lipinski definition) is 3. The molecule has 1 heterocycles. The Bertz CT molecular complexity index is 836. The van der Waals surface area contributed by atoms with Crippen LogP contribution in [-0.2, 0) is 5.75 Å². The normalized spacial score (nSPS) is 12.1. The first-order chi connectivity index (χ1) is 12.7. The summed E-state index contributed by atoms with van der Waals surface area (Å²) in [5.74, 6) is 1.76. The predicted molar refractivity (Wildman–Crippen MR) is 109 cm³/mol. The van der Waals surface area contributed by atoms with Crippen LogP contribution in [0.25, 0.3) is 0 Å². The van der Waals surface area contributed by atoms with Crippen molar-refractivity contribution in [3.63, 3.8) is 0 Å². The molecule has 0 aliphatic carbocycles. The van der Waals surface area contributed by atoms with Gasteiger partial charge in [0.1, 0.15) is 5.75 Å². The van der Waals surface area contributed by atoms with Crippen LogP contribution >= 0.6 is 23.4 Å². The van der Waals surface area contributed by atoms with Crippen molar-refractivity contribution in [3.8, 4) is 5.75 Å². The molecule has 0 saturated heterocycles. The van der Waals surface area contributed by atoms with Gasteiger partial charge in [-0.15, -0.1) is 11.8 Å². The summed E-state index contributed by atoms with van der Waals surface area (Å²) in [5, 5.41) is 0.778. The number of nitrogens with zero attached hydrogens (tertiary/aromatic N) is 2. The SMILES string of the molecule is CCCC(c1cc(OC)ccc1SCc1cccc(Cl)c1)n1ccnc1. The van der Waals surface area contributed by atoms with Crippen molar-refractivity contribution >= 4 is 23.4 Å². The molecule has 5 heteroatoms. The second-order valence-electron chi connectivity index (χ2n) is 6.14. The van der Waals surface area contributed by atoms with E-state index in [1.807, 2.05) is 54.7 Å². The minimum Gasteiger partial charge on any atom is -0.497 e. The third-order valence-electron chi connectivity index (χ3n) is 4.31. The number of halogens is 1. The van der Waals surface area contributed by atoms with Crippen molar-refractivity contribution in [2.45, 2.75) is 36.5 Å². The van der Waals surface area contributed by atoms with Gasteiger partial charge in [0.25, 0.3) is 0 Å². The maximum atomic E-state index is 6.12. The molecule has 3 rings (SSSR count). The van der Waals surface area contributed by atoms with Crippen LogP contribution in [0.15, 0.2) is 66.1 Å². The molecule has 0 amide bonds. The quantitative estimate of drug-likeness (QED) is 0.429. The number of methoxy groups -OCH3 is 1. The fourth-order valence-corrected chi connectivity index (χ4v) is 4.27. The smallest absolute Gasteiger partial charge is 0.119 e. The van der Waals surface area contributed by atoms with Crippen LogP contribution in [0.3, 0.4) is 0 Å². The van der Waals surface area contributed by atoms with E-state index in [0.717, 1.165) is 29.4 Å². The van der Waals surface area contributed by atoms with E-state index < -0.39 is 0 Å². The van der Waals surface area contributed by atoms with Crippen LogP contribution in [-0.4, -0.2) is 16.7 Å². The Morgan fingerprint density at radius 2 is 2.12 bits per heavy atom. The molecule has 0 bridgehead atoms. The first-order valence-corrected chi connectivity index (χ1v) is 10.1. The van der Waals surface area contributed by atoms with Gasteiger partial charge in [0, 0.05) is 28.1 Å². The highest BCUT2D eigenvalue weighted by molar-refractivity contribution is 7.98. The molecule has 0 aliphatic rings. The van der Waals surface area contributed by atoms with Crippen LogP contribution in [0.4, 0.5) is 0 Å². The zero-order valence-corrected chi connectivity index (χ0v) is 16.6. The average Bonchev–Trinajstić information content (AvgIpc) is 3.19. The van der Waals surface area contributed by atoms with Gasteiger partial charge in [0.05, 0.1) is 19.5 Å². The summed E-state index contributed by atoms with van der Waals surface area (Å²) in [6.45, 7) is 2.21. The first-order valence-electron chi connectivity index (χ1n) is 8.74. The largest absolute Gasteiger partial charge is 0.497 e. The van der Waals surface area contributed by atoms with E-state index in [1.165, 1.54) is 16.0 Å². The van der Waals surface area contributed by atoms with Gasteiger partial charge in [0.2, 0.25) is 0 Å². The van der Waals surface area contributed by atoms with E-state index >= 15 is 0 Å². The molecule has 2 aromatic carbocycles. The Hall–Kier alpha value is -1.91. The van der Waals surface area contributed by atoms with Crippen LogP contribution in [0.1, 0.15) is 36.9 Å². The second kappa shape index (κ2) is 9.15. The van der Waals surface area contributed by atoms with Gasteiger partial charge in [-0.1, -0.05) is 37.1 Å². The third kappa shape index (κ3) is 4.63. The summed E-state index contributed by atoms with van der Waals surface area (Å²) in [7, 11) is 1.71. The van der Waals surface area contributed by atoms with Crippen molar-refractivity contribution < 1.29 is 4.74 Å². The van der Waals surface area contributed by atoms with Gasteiger partial charge >= 0.3 is 0 Å². The fraction of sp³-hybridized carbons (Fsp3) is 0.286. The third-order valence-corrected chi connectivity index (χ3v) is 5.70. The van der Waals surface area contributed by atoms with Gasteiger partial charge < -0.3 is 9.30 Å². The predicted octanol–water partition coefficient (Wildman–Crippen LogP) is 6.23. The van der Waals surface area contributed by atoms with Crippen molar-refractivity contribution in [2.24, 2.45) is 0 Å². The number of ether oxygens (including phenoxy) is 1. The van der Waals surface area contributed by atoms with Gasteiger partial charge in [-0.2, -0.15) is 0 Å². The molecule has 0 spiro atoms. The lowest BCUT2D eigenvalue weighted by molar-refractivity contribution is 0.412.